The van der Waals surface area contributed by atoms with Gasteiger partial charge in [-0.1, -0.05) is 90.1 Å². The number of rotatable bonds is 14. The molecule has 394 valence electrons. The van der Waals surface area contributed by atoms with E-state index in [0.29, 0.717) is 53.8 Å². The first-order valence-electron chi connectivity index (χ1n) is 24.4. The number of carbonyl (C=O) groups is 6. The van der Waals surface area contributed by atoms with Gasteiger partial charge in [-0.15, -0.1) is 22.7 Å². The van der Waals surface area contributed by atoms with Crippen LogP contribution in [0.15, 0.2) is 107 Å². The number of hydrogen-bond acceptors (Lipinski definition) is 13. The lowest BCUT2D eigenvalue weighted by atomic mass is 9.95. The molecule has 2 saturated heterocycles. The van der Waals surface area contributed by atoms with Gasteiger partial charge < -0.3 is 30.3 Å². The van der Waals surface area contributed by atoms with Crippen LogP contribution in [0, 0.1) is 11.8 Å². The standard InChI is InChI=1S/C28H31BrN4O4S.C27H29BrN4O4S/c1-28(2,3)23-10-9-22(38-23)25(34)32-21(26(35)33-12-11-19(16-33)27(36)37-4)13-17-5-7-18(8-6-17)24-30-14-20(29)15-31-24;1-27(2,3)22-9-8-21(37-22)24(33)31-20(25(34)32-11-10-18(15-32)26(35)36)12-16-4-6-17(7-5-16)23-29-13-19(28)14-30-23/h5-10,14-15,19,21H,11-13,16H2,1-4H3,(H,32,34);4-9,13-14,18,20H,10-12,15H2,1-3H3,(H,31,33)(H,35,36)/t19-,21-;18-,20-/m00/s1. The first kappa shape index (κ1) is 56.5. The van der Waals surface area contributed by atoms with E-state index in [9.17, 15) is 33.9 Å². The molecule has 6 aromatic rings. The molecule has 2 fully saturated rings. The quantitative estimate of drug-likeness (QED) is 0.0871. The fraction of sp³-hybridized carbons (Fsp3) is 0.382. The Bertz CT molecular complexity index is 2990. The van der Waals surface area contributed by atoms with Gasteiger partial charge in [-0.25, -0.2) is 19.9 Å². The summed E-state index contributed by atoms with van der Waals surface area (Å²) in [6, 6.07) is 21.1. The molecule has 20 heteroatoms. The lowest BCUT2D eigenvalue weighted by molar-refractivity contribution is -0.145. The number of carboxylic acids is 1. The van der Waals surface area contributed by atoms with Crippen molar-refractivity contribution in [1.82, 2.24) is 40.4 Å². The second-order valence-electron chi connectivity index (χ2n) is 20.5. The van der Waals surface area contributed by atoms with Crippen LogP contribution in [0.4, 0.5) is 0 Å². The van der Waals surface area contributed by atoms with Crippen LogP contribution in [0.2, 0.25) is 0 Å². The maximum Gasteiger partial charge on any atom is 0.310 e. The van der Waals surface area contributed by atoms with E-state index in [4.69, 9.17) is 4.74 Å². The number of nitrogens with zero attached hydrogens (tertiary/aromatic N) is 6. The molecule has 2 aliphatic heterocycles. The molecule has 0 unspecified atom stereocenters. The van der Waals surface area contributed by atoms with Crippen LogP contribution < -0.4 is 10.6 Å². The van der Waals surface area contributed by atoms with Crippen molar-refractivity contribution in [2.75, 3.05) is 33.3 Å². The zero-order valence-corrected chi connectivity index (χ0v) is 47.6. The lowest BCUT2D eigenvalue weighted by Gasteiger charge is -2.24. The Balaban J connectivity index is 0.000000219. The topological polar surface area (TPSA) is 214 Å². The highest BCUT2D eigenvalue weighted by atomic mass is 79.9. The molecular formula is C55H60Br2N8O8S2. The first-order chi connectivity index (χ1) is 35.6. The molecule has 0 radical (unpaired) electrons. The molecular weight excluding hydrogens is 1120 g/mol. The van der Waals surface area contributed by atoms with E-state index >= 15 is 0 Å². The zero-order chi connectivity index (χ0) is 54.2. The minimum atomic E-state index is -0.907. The first-order valence-corrected chi connectivity index (χ1v) is 27.6. The lowest BCUT2D eigenvalue weighted by Crippen LogP contribution is -2.49. The number of esters is 1. The second kappa shape index (κ2) is 24.6. The van der Waals surface area contributed by atoms with Crippen LogP contribution in [0.3, 0.4) is 0 Å². The Labute approximate surface area is 461 Å². The Morgan fingerprint density at radius 3 is 1.32 bits per heavy atom. The summed E-state index contributed by atoms with van der Waals surface area (Å²) in [5.41, 5.74) is 3.27. The van der Waals surface area contributed by atoms with Gasteiger partial charge in [-0.05, 0) is 90.9 Å². The summed E-state index contributed by atoms with van der Waals surface area (Å²) < 4.78 is 6.45. The van der Waals surface area contributed by atoms with Crippen molar-refractivity contribution in [3.05, 3.63) is 137 Å². The van der Waals surface area contributed by atoms with Crippen LogP contribution >= 0.6 is 54.5 Å². The van der Waals surface area contributed by atoms with E-state index in [1.165, 1.54) is 29.8 Å². The summed E-state index contributed by atoms with van der Waals surface area (Å²) >= 11 is 9.52. The van der Waals surface area contributed by atoms with Gasteiger partial charge in [-0.2, -0.15) is 0 Å². The molecule has 0 bridgehead atoms. The van der Waals surface area contributed by atoms with E-state index in [1.807, 2.05) is 60.7 Å². The predicted molar refractivity (Wildman–Crippen MR) is 295 cm³/mol. The molecule has 4 aromatic heterocycles. The number of aromatic nitrogens is 4. The summed E-state index contributed by atoms with van der Waals surface area (Å²) in [7, 11) is 1.35. The van der Waals surface area contributed by atoms with E-state index in [-0.39, 0.29) is 65.9 Å². The van der Waals surface area contributed by atoms with Crippen molar-refractivity contribution >= 4 is 90.1 Å². The largest absolute Gasteiger partial charge is 0.481 e. The van der Waals surface area contributed by atoms with Crippen molar-refractivity contribution in [2.45, 2.75) is 90.1 Å². The number of aliphatic carboxylic acids is 1. The number of benzene rings is 2. The Morgan fingerprint density at radius 2 is 0.987 bits per heavy atom. The zero-order valence-electron chi connectivity index (χ0n) is 42.8. The number of amides is 4. The van der Waals surface area contributed by atoms with E-state index in [2.05, 4.69) is 104 Å². The Hall–Kier alpha value is -6.22. The number of methoxy groups -OCH3 is 1. The van der Waals surface area contributed by atoms with Gasteiger partial charge in [-0.3, -0.25) is 28.8 Å². The molecule has 3 N–H and O–H groups in total. The molecule has 6 heterocycles. The highest BCUT2D eigenvalue weighted by molar-refractivity contribution is 9.10. The van der Waals surface area contributed by atoms with Crippen molar-refractivity contribution in [3.63, 3.8) is 0 Å². The van der Waals surface area contributed by atoms with Crippen LogP contribution in [-0.4, -0.2) is 116 Å². The molecule has 16 nitrogen and oxygen atoms in total. The number of nitrogens with one attached hydrogen (secondary N) is 2. The van der Waals surface area contributed by atoms with Crippen molar-refractivity contribution in [1.29, 1.82) is 0 Å². The third-order valence-electron chi connectivity index (χ3n) is 12.8. The van der Waals surface area contributed by atoms with Crippen LogP contribution in [0.5, 0.6) is 0 Å². The van der Waals surface area contributed by atoms with Gasteiger partial charge in [0.25, 0.3) is 11.8 Å². The number of carbonyl (C=O) groups excluding carboxylic acids is 5. The number of halogens is 2. The molecule has 75 heavy (non-hydrogen) atoms. The van der Waals surface area contributed by atoms with Gasteiger partial charge in [0.05, 0.1) is 37.6 Å². The molecule has 2 aliphatic rings. The van der Waals surface area contributed by atoms with Crippen molar-refractivity contribution in [3.8, 4) is 22.8 Å². The number of likely N-dealkylation sites (tertiary alicyclic amines) is 2. The average molecular weight is 1190 g/mol. The van der Waals surface area contributed by atoms with Gasteiger partial charge in [0.1, 0.15) is 12.1 Å². The highest BCUT2D eigenvalue weighted by Crippen LogP contribution is 2.31. The summed E-state index contributed by atoms with van der Waals surface area (Å²) in [5, 5.41) is 15.3. The molecule has 0 aliphatic carbocycles. The SMILES string of the molecule is CC(C)(C)c1ccc(C(=O)N[C@@H](Cc2ccc(-c3ncc(Br)cn3)cc2)C(=O)N2CC[C@H](C(=O)O)C2)s1.COC(=O)[C@H]1CCN(C(=O)[C@H](Cc2ccc(-c3ncc(Br)cn3)cc2)NC(=O)c2ccc(C(C)(C)C)s2)C1. The van der Waals surface area contributed by atoms with Crippen molar-refractivity contribution < 1.29 is 38.6 Å². The summed E-state index contributed by atoms with van der Waals surface area (Å²) in [6.07, 6.45) is 8.26. The maximum atomic E-state index is 13.6. The Kier molecular flexibility index (Phi) is 18.6. The minimum absolute atomic E-state index is 0.0723. The van der Waals surface area contributed by atoms with Gasteiger partial charge in [0.2, 0.25) is 11.8 Å². The van der Waals surface area contributed by atoms with Gasteiger partial charge in [0, 0.05) is 84.7 Å². The monoisotopic (exact) mass is 1180 g/mol. The molecule has 0 spiro atoms. The fourth-order valence-corrected chi connectivity index (χ4v) is 10.8. The van der Waals surface area contributed by atoms with E-state index < -0.39 is 24.0 Å². The van der Waals surface area contributed by atoms with Gasteiger partial charge in [0.15, 0.2) is 11.6 Å². The van der Waals surface area contributed by atoms with Crippen LogP contribution in [0.25, 0.3) is 22.8 Å². The third kappa shape index (κ3) is 15.0. The van der Waals surface area contributed by atoms with Crippen molar-refractivity contribution in [2.24, 2.45) is 11.8 Å². The molecule has 2 aromatic carbocycles. The number of thiophene rings is 2. The molecule has 8 rings (SSSR count). The third-order valence-corrected chi connectivity index (χ3v) is 16.6. The smallest absolute Gasteiger partial charge is 0.310 e. The van der Waals surface area contributed by atoms with E-state index in [0.717, 1.165) is 41.0 Å². The number of ether oxygens (including phenoxy) is 1. The maximum absolute atomic E-state index is 13.6. The van der Waals surface area contributed by atoms with Gasteiger partial charge >= 0.3 is 11.9 Å². The summed E-state index contributed by atoms with van der Waals surface area (Å²) in [6.45, 7) is 13.8. The molecule has 0 saturated carbocycles. The summed E-state index contributed by atoms with van der Waals surface area (Å²) in [5.74, 6) is -2.06. The minimum Gasteiger partial charge on any atom is -0.481 e. The summed E-state index contributed by atoms with van der Waals surface area (Å²) in [4.78, 5) is 101. The number of carboxylic acid groups (broad SMARTS) is 1. The highest BCUT2D eigenvalue weighted by Gasteiger charge is 2.37. The average Bonchev–Trinajstić information content (AvgIpc) is 4.24. The fourth-order valence-electron chi connectivity index (χ4n) is 8.48. The number of hydrogen-bond donors (Lipinski definition) is 3. The van der Waals surface area contributed by atoms with Crippen LogP contribution in [0.1, 0.15) is 94.6 Å². The predicted octanol–water partition coefficient (Wildman–Crippen LogP) is 9.17. The normalized spacial score (nSPS) is 16.3. The molecule has 4 amide bonds. The molecule has 4 atom stereocenters. The second-order valence-corrected chi connectivity index (χ2v) is 24.5. The Morgan fingerprint density at radius 1 is 0.613 bits per heavy atom. The van der Waals surface area contributed by atoms with Crippen LogP contribution in [-0.2, 0) is 47.6 Å². The van der Waals surface area contributed by atoms with E-state index in [1.54, 1.807) is 46.7 Å².